The summed E-state index contributed by atoms with van der Waals surface area (Å²) in [7, 11) is 0. The summed E-state index contributed by atoms with van der Waals surface area (Å²) < 4.78 is 0. The van der Waals surface area contributed by atoms with Crippen LogP contribution in [0.15, 0.2) is 0 Å². The predicted molar refractivity (Wildman–Crippen MR) is 135 cm³/mol. The molecule has 5 rings (SSSR count). The average molecular weight is 491 g/mol. The number of likely N-dealkylation sites (tertiary alicyclic amines) is 1. The zero-order valence-electron chi connectivity index (χ0n) is 20.2. The summed E-state index contributed by atoms with van der Waals surface area (Å²) in [5.74, 6) is 1.41. The molecule has 3 aliphatic carbocycles. The molecule has 0 aromatic rings. The number of amides is 2. The van der Waals surface area contributed by atoms with E-state index in [2.05, 4.69) is 15.5 Å². The standard InChI is InChI=1S/C25H42N6O2S/c26-22(27)17-10-9-16-11-20(24(33)30-25-29-18-3-1-2-4-21(18)34-25)31(19(16)12-17)13-14-5-7-15(8-6-14)23(28)32/h14-21,25,29H,1-13H2,(H3,26,27)(H2,28,32)(H,30,33). The summed E-state index contributed by atoms with van der Waals surface area (Å²) in [4.78, 5) is 27.7. The monoisotopic (exact) mass is 490 g/mol. The second kappa shape index (κ2) is 10.3. The lowest BCUT2D eigenvalue weighted by Crippen LogP contribution is -2.53. The third-order valence-corrected chi connectivity index (χ3v) is 10.9. The first-order valence-electron chi connectivity index (χ1n) is 13.5. The highest BCUT2D eigenvalue weighted by atomic mass is 32.2. The Morgan fingerprint density at radius 1 is 0.971 bits per heavy atom. The molecule has 7 unspecified atom stereocenters. The van der Waals surface area contributed by atoms with Crippen LogP contribution in [0, 0.1) is 29.1 Å². The zero-order chi connectivity index (χ0) is 23.8. The Bertz CT molecular complexity index is 773. The number of hydrogen-bond donors (Lipinski definition) is 5. The lowest BCUT2D eigenvalue weighted by Gasteiger charge is -2.39. The Morgan fingerprint density at radius 2 is 1.71 bits per heavy atom. The third kappa shape index (κ3) is 5.12. The fourth-order valence-corrected chi connectivity index (χ4v) is 8.93. The summed E-state index contributed by atoms with van der Waals surface area (Å²) in [5, 5.41) is 15.7. The van der Waals surface area contributed by atoms with Gasteiger partial charge in [-0.25, -0.2) is 0 Å². The molecule has 9 heteroatoms. The first-order chi connectivity index (χ1) is 16.4. The SMILES string of the molecule is N=C(N)C1CCC2CC(C(=O)NC3NC4CCCCC4S3)N(CC3CCC(C(N)=O)CC3)C2C1. The molecule has 8 nitrogen and oxygen atoms in total. The van der Waals surface area contributed by atoms with Crippen molar-refractivity contribution >= 4 is 29.4 Å². The maximum absolute atomic E-state index is 13.6. The number of fused-ring (bicyclic) bond motifs is 2. The van der Waals surface area contributed by atoms with E-state index in [9.17, 15) is 9.59 Å². The molecule has 2 heterocycles. The maximum Gasteiger partial charge on any atom is 0.239 e. The summed E-state index contributed by atoms with van der Waals surface area (Å²) in [6, 6.07) is 0.738. The van der Waals surface area contributed by atoms with E-state index in [0.717, 1.165) is 57.9 Å². The largest absolute Gasteiger partial charge is 0.387 e. The quantitative estimate of drug-likeness (QED) is 0.286. The van der Waals surface area contributed by atoms with Crippen molar-refractivity contribution in [3.05, 3.63) is 0 Å². The second-order valence-corrected chi connectivity index (χ2v) is 12.8. The first kappa shape index (κ1) is 24.4. The van der Waals surface area contributed by atoms with Crippen molar-refractivity contribution in [3.8, 4) is 0 Å². The van der Waals surface area contributed by atoms with Gasteiger partial charge < -0.3 is 16.8 Å². The fraction of sp³-hybridized carbons (Fsp3) is 0.880. The van der Waals surface area contributed by atoms with E-state index in [4.69, 9.17) is 16.9 Å². The molecule has 5 fully saturated rings. The van der Waals surface area contributed by atoms with E-state index in [1.54, 1.807) is 0 Å². The van der Waals surface area contributed by atoms with Crippen molar-refractivity contribution in [1.82, 2.24) is 15.5 Å². The number of nitrogens with one attached hydrogen (secondary N) is 3. The minimum atomic E-state index is -0.171. The van der Waals surface area contributed by atoms with Gasteiger partial charge >= 0.3 is 0 Å². The average Bonchev–Trinajstić information content (AvgIpc) is 3.39. The summed E-state index contributed by atoms with van der Waals surface area (Å²) >= 11 is 1.90. The molecule has 2 saturated heterocycles. The molecule has 190 valence electrons. The fourth-order valence-electron chi connectivity index (χ4n) is 7.43. The van der Waals surface area contributed by atoms with Gasteiger partial charge in [-0.15, -0.1) is 11.8 Å². The molecular weight excluding hydrogens is 448 g/mol. The number of nitrogens with two attached hydrogens (primary N) is 2. The van der Waals surface area contributed by atoms with Crippen LogP contribution in [0.25, 0.3) is 0 Å². The molecular formula is C25H42N6O2S. The van der Waals surface area contributed by atoms with Gasteiger partial charge in [-0.05, 0) is 76.0 Å². The lowest BCUT2D eigenvalue weighted by molar-refractivity contribution is -0.126. The molecule has 2 amide bonds. The van der Waals surface area contributed by atoms with Gasteiger partial charge in [0, 0.05) is 35.7 Å². The van der Waals surface area contributed by atoms with Crippen LogP contribution in [0.2, 0.25) is 0 Å². The van der Waals surface area contributed by atoms with Crippen LogP contribution in [0.3, 0.4) is 0 Å². The smallest absolute Gasteiger partial charge is 0.239 e. The molecule has 3 saturated carbocycles. The van der Waals surface area contributed by atoms with Gasteiger partial charge in [-0.2, -0.15) is 0 Å². The highest BCUT2D eigenvalue weighted by molar-refractivity contribution is 8.00. The Balaban J connectivity index is 1.26. The number of rotatable bonds is 6. The van der Waals surface area contributed by atoms with Crippen molar-refractivity contribution in [2.75, 3.05) is 6.54 Å². The molecule has 34 heavy (non-hydrogen) atoms. The van der Waals surface area contributed by atoms with Gasteiger partial charge in [0.2, 0.25) is 11.8 Å². The van der Waals surface area contributed by atoms with E-state index in [-0.39, 0.29) is 35.2 Å². The van der Waals surface area contributed by atoms with Crippen molar-refractivity contribution in [1.29, 1.82) is 5.41 Å². The molecule has 7 atom stereocenters. The van der Waals surface area contributed by atoms with Crippen LogP contribution in [-0.2, 0) is 9.59 Å². The van der Waals surface area contributed by atoms with Crippen molar-refractivity contribution in [2.24, 2.45) is 35.1 Å². The Kier molecular flexibility index (Phi) is 7.42. The maximum atomic E-state index is 13.6. The minimum Gasteiger partial charge on any atom is -0.387 e. The number of primary amides is 1. The normalized spacial score (nSPS) is 42.5. The topological polar surface area (TPSA) is 137 Å². The van der Waals surface area contributed by atoms with Gasteiger partial charge in [0.1, 0.15) is 5.50 Å². The number of thioether (sulfide) groups is 1. The van der Waals surface area contributed by atoms with E-state index < -0.39 is 0 Å². The predicted octanol–water partition coefficient (Wildman–Crippen LogP) is 2.12. The van der Waals surface area contributed by atoms with E-state index >= 15 is 0 Å². The van der Waals surface area contributed by atoms with Gasteiger partial charge in [-0.3, -0.25) is 25.2 Å². The molecule has 2 aliphatic heterocycles. The molecule has 0 aromatic carbocycles. The highest BCUT2D eigenvalue weighted by Gasteiger charge is 2.48. The van der Waals surface area contributed by atoms with Crippen LogP contribution in [-0.4, -0.2) is 58.0 Å². The lowest BCUT2D eigenvalue weighted by atomic mass is 9.77. The molecule has 0 bridgehead atoms. The summed E-state index contributed by atoms with van der Waals surface area (Å²) in [6.07, 6.45) is 12.6. The van der Waals surface area contributed by atoms with Gasteiger partial charge in [0.05, 0.1) is 11.9 Å². The van der Waals surface area contributed by atoms with Crippen molar-refractivity contribution in [2.45, 2.75) is 106 Å². The van der Waals surface area contributed by atoms with Crippen LogP contribution in [0.1, 0.15) is 77.0 Å². The molecule has 7 N–H and O–H groups in total. The zero-order valence-corrected chi connectivity index (χ0v) is 21.0. The van der Waals surface area contributed by atoms with Crippen LogP contribution in [0.4, 0.5) is 0 Å². The number of nitrogens with zero attached hydrogens (tertiary/aromatic N) is 1. The van der Waals surface area contributed by atoms with E-state index in [0.29, 0.717) is 35.0 Å². The van der Waals surface area contributed by atoms with Gasteiger partial charge in [0.15, 0.2) is 0 Å². The van der Waals surface area contributed by atoms with Crippen LogP contribution < -0.4 is 22.1 Å². The summed E-state index contributed by atoms with van der Waals surface area (Å²) in [6.45, 7) is 0.895. The van der Waals surface area contributed by atoms with Gasteiger partial charge in [-0.1, -0.05) is 12.8 Å². The molecule has 5 aliphatic rings. The van der Waals surface area contributed by atoms with Crippen molar-refractivity contribution < 1.29 is 9.59 Å². The Labute approximate surface area is 207 Å². The third-order valence-electron chi connectivity index (χ3n) is 9.42. The van der Waals surface area contributed by atoms with Crippen molar-refractivity contribution in [3.63, 3.8) is 0 Å². The number of hydrogen-bond acceptors (Lipinski definition) is 6. The van der Waals surface area contributed by atoms with Crippen LogP contribution in [0.5, 0.6) is 0 Å². The highest BCUT2D eigenvalue weighted by Crippen LogP contribution is 2.44. The number of amidine groups is 1. The first-order valence-corrected chi connectivity index (χ1v) is 14.4. The van der Waals surface area contributed by atoms with Gasteiger partial charge in [0.25, 0.3) is 0 Å². The van der Waals surface area contributed by atoms with Crippen LogP contribution >= 0.6 is 11.8 Å². The number of carbonyl (C=O) groups excluding carboxylic acids is 2. The van der Waals surface area contributed by atoms with E-state index in [1.807, 2.05) is 11.8 Å². The second-order valence-electron chi connectivity index (χ2n) is 11.5. The Hall–Kier alpha value is -1.32. The minimum absolute atomic E-state index is 0.00689. The molecule has 0 spiro atoms. The van der Waals surface area contributed by atoms with E-state index in [1.165, 1.54) is 25.7 Å². The molecule has 0 aromatic heterocycles. The number of carbonyl (C=O) groups is 2. The summed E-state index contributed by atoms with van der Waals surface area (Å²) in [5.41, 5.74) is 11.5. The molecule has 0 radical (unpaired) electrons. The Morgan fingerprint density at radius 3 is 2.41 bits per heavy atom.